The second kappa shape index (κ2) is 9.03. The molecule has 5 rings (SSSR count). The van der Waals surface area contributed by atoms with Gasteiger partial charge in [-0.2, -0.15) is 5.26 Å². The number of benzene rings is 1. The molecule has 9 nitrogen and oxygen atoms in total. The van der Waals surface area contributed by atoms with E-state index in [0.29, 0.717) is 45.2 Å². The fourth-order valence-electron chi connectivity index (χ4n) is 3.77. The number of aromatic nitrogens is 5. The van der Waals surface area contributed by atoms with E-state index in [1.807, 2.05) is 47.0 Å². The summed E-state index contributed by atoms with van der Waals surface area (Å²) in [5.74, 6) is 0.587. The summed E-state index contributed by atoms with van der Waals surface area (Å²) in [5.41, 5.74) is 11.5. The second-order valence-corrected chi connectivity index (χ2v) is 7.73. The first-order valence-corrected chi connectivity index (χ1v) is 10.7. The molecule has 0 aliphatic carbocycles. The second-order valence-electron chi connectivity index (χ2n) is 7.73. The van der Waals surface area contributed by atoms with Crippen molar-refractivity contribution in [1.29, 1.82) is 5.26 Å². The Balaban J connectivity index is 1.71. The molecule has 170 valence electrons. The van der Waals surface area contributed by atoms with Gasteiger partial charge in [0.1, 0.15) is 24.0 Å². The van der Waals surface area contributed by atoms with Crippen LogP contribution in [0.4, 0.5) is 5.82 Å². The molecule has 0 radical (unpaired) electrons. The molecule has 0 saturated carbocycles. The summed E-state index contributed by atoms with van der Waals surface area (Å²) in [4.78, 5) is 29.1. The average Bonchev–Trinajstić information content (AvgIpc) is 3.26. The van der Waals surface area contributed by atoms with Crippen molar-refractivity contribution in [2.75, 3.05) is 5.73 Å². The lowest BCUT2D eigenvalue weighted by molar-refractivity contribution is -0.142. The lowest BCUT2D eigenvalue weighted by atomic mass is 10.1. The topological polar surface area (TPSA) is 133 Å². The summed E-state index contributed by atoms with van der Waals surface area (Å²) < 4.78 is 7.00. The highest BCUT2D eigenvalue weighted by Crippen LogP contribution is 2.32. The van der Waals surface area contributed by atoms with Gasteiger partial charge in [0.15, 0.2) is 11.5 Å². The molecule has 2 N–H and O–H groups in total. The van der Waals surface area contributed by atoms with Crippen LogP contribution in [0.5, 0.6) is 0 Å². The minimum atomic E-state index is -0.339. The summed E-state index contributed by atoms with van der Waals surface area (Å²) in [5, 5.41) is 9.53. The van der Waals surface area contributed by atoms with Crippen molar-refractivity contribution in [3.63, 3.8) is 0 Å². The van der Waals surface area contributed by atoms with Gasteiger partial charge in [-0.15, -0.1) is 0 Å². The number of pyridine rings is 3. The number of fused-ring (bicyclic) bond motifs is 1. The average molecular weight is 461 g/mol. The van der Waals surface area contributed by atoms with E-state index in [4.69, 9.17) is 20.4 Å². The maximum atomic E-state index is 11.2. The van der Waals surface area contributed by atoms with Gasteiger partial charge >= 0.3 is 5.97 Å². The standard InChI is InChI=1S/C26H19N7O2/c1-16(34)35-15-17-4-6-19(7-5-17)33-25(21-3-2-11-30-24(21)28)32-23-9-8-22(31-26(23)33)20-10-12-29-14-18(20)13-27/h2-12,14H,15H2,1H3,(H2,28,30). The van der Waals surface area contributed by atoms with Crippen LogP contribution < -0.4 is 5.73 Å². The fraction of sp³-hybridized carbons (Fsp3) is 0.0769. The summed E-state index contributed by atoms with van der Waals surface area (Å²) in [6.45, 7) is 1.56. The zero-order valence-corrected chi connectivity index (χ0v) is 18.7. The first kappa shape index (κ1) is 21.7. The van der Waals surface area contributed by atoms with Crippen LogP contribution in [0.1, 0.15) is 18.1 Å². The molecule has 0 bridgehead atoms. The number of anilines is 1. The van der Waals surface area contributed by atoms with Crippen molar-refractivity contribution in [3.05, 3.63) is 84.3 Å². The number of esters is 1. The molecular weight excluding hydrogens is 442 g/mol. The molecule has 4 aromatic heterocycles. The molecular formula is C26H19N7O2. The van der Waals surface area contributed by atoms with Crippen molar-refractivity contribution in [1.82, 2.24) is 24.5 Å². The van der Waals surface area contributed by atoms with Crippen LogP contribution in [-0.2, 0) is 16.1 Å². The van der Waals surface area contributed by atoms with Crippen LogP contribution in [0.15, 0.2) is 73.2 Å². The number of nitrogens with two attached hydrogens (primary N) is 1. The van der Waals surface area contributed by atoms with E-state index in [2.05, 4.69) is 16.0 Å². The van der Waals surface area contributed by atoms with Crippen LogP contribution in [-0.4, -0.2) is 30.5 Å². The largest absolute Gasteiger partial charge is 0.461 e. The molecule has 4 heterocycles. The SMILES string of the molecule is CC(=O)OCc1ccc(-n2c(-c3cccnc3N)nc3ccc(-c4ccncc4C#N)nc32)cc1. The van der Waals surface area contributed by atoms with Crippen LogP contribution in [0.2, 0.25) is 0 Å². The van der Waals surface area contributed by atoms with Gasteiger partial charge in [-0.25, -0.2) is 15.0 Å². The van der Waals surface area contributed by atoms with Crippen LogP contribution >= 0.6 is 0 Å². The maximum Gasteiger partial charge on any atom is 0.302 e. The minimum Gasteiger partial charge on any atom is -0.461 e. The molecule has 9 heteroatoms. The van der Waals surface area contributed by atoms with Gasteiger partial charge in [-0.05, 0) is 48.0 Å². The smallest absolute Gasteiger partial charge is 0.302 e. The van der Waals surface area contributed by atoms with Gasteiger partial charge < -0.3 is 10.5 Å². The van der Waals surface area contributed by atoms with E-state index in [0.717, 1.165) is 11.3 Å². The quantitative estimate of drug-likeness (QED) is 0.387. The Morgan fingerprint density at radius 3 is 2.63 bits per heavy atom. The highest BCUT2D eigenvalue weighted by atomic mass is 16.5. The molecule has 1 aromatic carbocycles. The third-order valence-electron chi connectivity index (χ3n) is 5.44. The molecule has 5 aromatic rings. The molecule has 0 amide bonds. The molecule has 0 aliphatic heterocycles. The van der Waals surface area contributed by atoms with E-state index in [9.17, 15) is 10.1 Å². The Bertz CT molecular complexity index is 1600. The Kier molecular flexibility index (Phi) is 5.61. The predicted octanol–water partition coefficient (Wildman–Crippen LogP) is 4.06. The van der Waals surface area contributed by atoms with Crippen molar-refractivity contribution in [2.45, 2.75) is 13.5 Å². The summed E-state index contributed by atoms with van der Waals surface area (Å²) in [7, 11) is 0. The molecule has 0 spiro atoms. The van der Waals surface area contributed by atoms with E-state index in [1.165, 1.54) is 13.1 Å². The highest BCUT2D eigenvalue weighted by molar-refractivity contribution is 5.85. The Morgan fingerprint density at radius 2 is 1.89 bits per heavy atom. The van der Waals surface area contributed by atoms with Crippen LogP contribution in [0.3, 0.4) is 0 Å². The Morgan fingerprint density at radius 1 is 1.06 bits per heavy atom. The van der Waals surface area contributed by atoms with Gasteiger partial charge in [-0.1, -0.05) is 12.1 Å². The van der Waals surface area contributed by atoms with Crippen LogP contribution in [0.25, 0.3) is 39.5 Å². The monoisotopic (exact) mass is 461 g/mol. The number of nitrogens with zero attached hydrogens (tertiary/aromatic N) is 6. The van der Waals surface area contributed by atoms with Gasteiger partial charge in [0, 0.05) is 36.8 Å². The zero-order valence-electron chi connectivity index (χ0n) is 18.7. The van der Waals surface area contributed by atoms with Crippen molar-refractivity contribution in [3.8, 4) is 34.4 Å². The van der Waals surface area contributed by atoms with Crippen molar-refractivity contribution < 1.29 is 9.53 Å². The summed E-state index contributed by atoms with van der Waals surface area (Å²) in [6.07, 6.45) is 4.77. The number of carbonyl (C=O) groups is 1. The molecule has 0 aliphatic rings. The zero-order chi connectivity index (χ0) is 24.4. The number of hydrogen-bond donors (Lipinski definition) is 1. The van der Waals surface area contributed by atoms with E-state index >= 15 is 0 Å². The number of nitrogen functional groups attached to an aromatic ring is 1. The lowest BCUT2D eigenvalue weighted by Crippen LogP contribution is -2.03. The van der Waals surface area contributed by atoms with Gasteiger partial charge in [0.05, 0.1) is 16.8 Å². The normalized spacial score (nSPS) is 10.7. The third kappa shape index (κ3) is 4.16. The number of imidazole rings is 1. The lowest BCUT2D eigenvalue weighted by Gasteiger charge is -2.11. The number of hydrogen-bond acceptors (Lipinski definition) is 8. The summed E-state index contributed by atoms with van der Waals surface area (Å²) in [6, 6.07) is 18.8. The fourth-order valence-corrected chi connectivity index (χ4v) is 3.77. The van der Waals surface area contributed by atoms with Gasteiger partial charge in [0.2, 0.25) is 0 Å². The van der Waals surface area contributed by atoms with E-state index in [1.54, 1.807) is 24.5 Å². The molecule has 35 heavy (non-hydrogen) atoms. The number of ether oxygens (including phenoxy) is 1. The number of rotatable bonds is 5. The first-order chi connectivity index (χ1) is 17.0. The van der Waals surface area contributed by atoms with Crippen molar-refractivity contribution in [2.24, 2.45) is 0 Å². The minimum absolute atomic E-state index is 0.185. The molecule has 0 atom stereocenters. The molecule has 0 fully saturated rings. The number of carbonyl (C=O) groups excluding carboxylic acids is 1. The maximum absolute atomic E-state index is 11.2. The van der Waals surface area contributed by atoms with E-state index in [-0.39, 0.29) is 12.6 Å². The van der Waals surface area contributed by atoms with Gasteiger partial charge in [0.25, 0.3) is 0 Å². The van der Waals surface area contributed by atoms with Crippen LogP contribution in [0, 0.1) is 11.3 Å². The predicted molar refractivity (Wildman–Crippen MR) is 130 cm³/mol. The van der Waals surface area contributed by atoms with E-state index < -0.39 is 0 Å². The number of nitriles is 1. The Hall–Kier alpha value is -5.10. The molecule has 0 saturated heterocycles. The van der Waals surface area contributed by atoms with Gasteiger partial charge in [-0.3, -0.25) is 14.3 Å². The third-order valence-corrected chi connectivity index (χ3v) is 5.44. The first-order valence-electron chi connectivity index (χ1n) is 10.7. The van der Waals surface area contributed by atoms with Crippen molar-refractivity contribution >= 4 is 23.0 Å². The summed E-state index contributed by atoms with van der Waals surface area (Å²) >= 11 is 0. The molecule has 0 unspecified atom stereocenters. The highest BCUT2D eigenvalue weighted by Gasteiger charge is 2.19. The Labute approximate surface area is 200 Å².